The molecule has 1 atom stereocenters. The van der Waals surface area contributed by atoms with Crippen LogP contribution in [-0.2, 0) is 0 Å². The van der Waals surface area contributed by atoms with Crippen molar-refractivity contribution < 1.29 is 26.3 Å². The first kappa shape index (κ1) is 15.8. The highest BCUT2D eigenvalue weighted by Gasteiger charge is 2.60. The van der Waals surface area contributed by atoms with E-state index in [4.69, 9.17) is 5.84 Å². The normalized spacial score (nSPS) is 14.8. The maximum Gasteiger partial charge on any atom is 0.402 e. The third kappa shape index (κ3) is 3.84. The zero-order chi connectivity index (χ0) is 14.8. The highest BCUT2D eigenvalue weighted by molar-refractivity contribution is 5.25. The molecular weight excluding hydrogens is 274 g/mol. The summed E-state index contributed by atoms with van der Waals surface area (Å²) in [5, 5.41) is 0. The van der Waals surface area contributed by atoms with Gasteiger partial charge in [0.1, 0.15) is 0 Å². The number of hydrogen-bond acceptors (Lipinski definition) is 2. The van der Waals surface area contributed by atoms with Gasteiger partial charge in [0.15, 0.2) is 5.92 Å². The van der Waals surface area contributed by atoms with E-state index in [1.807, 2.05) is 0 Å². The molecule has 0 saturated heterocycles. The lowest BCUT2D eigenvalue weighted by atomic mass is 9.92. The van der Waals surface area contributed by atoms with Crippen LogP contribution in [0.15, 0.2) is 24.3 Å². The smallest absolute Gasteiger partial charge is 0.271 e. The van der Waals surface area contributed by atoms with E-state index in [2.05, 4.69) is 0 Å². The Morgan fingerprint density at radius 1 is 0.947 bits per heavy atom. The standard InChI is InChI=1S/C11H12F6N2/c1-6-2-4-7(5-3-6)8(19-18)9(10(12,13)14)11(15,16)17/h2-5,8-9,19H,18H2,1H3. The van der Waals surface area contributed by atoms with Crippen LogP contribution in [0, 0.1) is 12.8 Å². The summed E-state index contributed by atoms with van der Waals surface area (Å²) in [6, 6.07) is 3.13. The van der Waals surface area contributed by atoms with Crippen LogP contribution < -0.4 is 11.3 Å². The maximum absolute atomic E-state index is 12.6. The Balaban J connectivity index is 3.21. The Kier molecular flexibility index (Phi) is 4.46. The van der Waals surface area contributed by atoms with Crippen LogP contribution in [0.25, 0.3) is 0 Å². The van der Waals surface area contributed by atoms with Gasteiger partial charge in [-0.25, -0.2) is 0 Å². The molecule has 108 valence electrons. The van der Waals surface area contributed by atoms with Crippen LogP contribution in [0.2, 0.25) is 0 Å². The third-order valence-corrected chi connectivity index (χ3v) is 2.65. The fourth-order valence-electron chi connectivity index (χ4n) is 1.72. The first-order valence-electron chi connectivity index (χ1n) is 5.23. The highest BCUT2D eigenvalue weighted by Crippen LogP contribution is 2.46. The monoisotopic (exact) mass is 286 g/mol. The number of alkyl halides is 6. The van der Waals surface area contributed by atoms with E-state index in [1.165, 1.54) is 24.3 Å². The van der Waals surface area contributed by atoms with Gasteiger partial charge in [-0.1, -0.05) is 29.8 Å². The fourth-order valence-corrected chi connectivity index (χ4v) is 1.72. The van der Waals surface area contributed by atoms with Crippen LogP contribution in [0.3, 0.4) is 0 Å². The van der Waals surface area contributed by atoms with Crippen molar-refractivity contribution in [3.05, 3.63) is 35.4 Å². The number of rotatable bonds is 3. The summed E-state index contributed by atoms with van der Waals surface area (Å²) in [5.41, 5.74) is 2.16. The van der Waals surface area contributed by atoms with Gasteiger partial charge < -0.3 is 0 Å². The van der Waals surface area contributed by atoms with Gasteiger partial charge >= 0.3 is 12.4 Å². The Bertz CT molecular complexity index is 395. The van der Waals surface area contributed by atoms with E-state index in [9.17, 15) is 26.3 Å². The molecule has 0 aliphatic carbocycles. The lowest BCUT2D eigenvalue weighted by Gasteiger charge is -2.30. The first-order chi connectivity index (χ1) is 8.57. The van der Waals surface area contributed by atoms with E-state index >= 15 is 0 Å². The lowest BCUT2D eigenvalue weighted by Crippen LogP contribution is -2.47. The molecule has 1 unspecified atom stereocenters. The van der Waals surface area contributed by atoms with Crippen molar-refractivity contribution in [2.24, 2.45) is 11.8 Å². The lowest BCUT2D eigenvalue weighted by molar-refractivity contribution is -0.292. The molecule has 0 spiro atoms. The van der Waals surface area contributed by atoms with Gasteiger partial charge in [-0.15, -0.1) is 0 Å². The molecule has 0 heterocycles. The number of aryl methyl sites for hydroxylation is 1. The van der Waals surface area contributed by atoms with Crippen molar-refractivity contribution in [2.45, 2.75) is 25.3 Å². The summed E-state index contributed by atoms with van der Waals surface area (Å²) in [6.07, 6.45) is -10.9. The quantitative estimate of drug-likeness (QED) is 0.508. The second-order valence-corrected chi connectivity index (χ2v) is 4.12. The molecule has 0 aromatic heterocycles. The Hall–Kier alpha value is -1.28. The second-order valence-electron chi connectivity index (χ2n) is 4.12. The number of hydrazine groups is 1. The van der Waals surface area contributed by atoms with Crippen LogP contribution in [-0.4, -0.2) is 12.4 Å². The number of benzene rings is 1. The molecule has 0 aliphatic heterocycles. The second kappa shape index (κ2) is 5.38. The van der Waals surface area contributed by atoms with Gasteiger partial charge in [0, 0.05) is 0 Å². The topological polar surface area (TPSA) is 38.0 Å². The van der Waals surface area contributed by atoms with Crippen molar-refractivity contribution in [2.75, 3.05) is 0 Å². The predicted octanol–water partition coefficient (Wildman–Crippen LogP) is 3.24. The molecule has 1 rings (SSSR count). The molecular formula is C11H12F6N2. The molecule has 0 bridgehead atoms. The molecule has 2 nitrogen and oxygen atoms in total. The molecule has 8 heteroatoms. The Morgan fingerprint density at radius 2 is 1.37 bits per heavy atom. The average molecular weight is 286 g/mol. The molecule has 0 amide bonds. The summed E-state index contributed by atoms with van der Waals surface area (Å²) in [4.78, 5) is 0. The molecule has 1 aromatic rings. The van der Waals surface area contributed by atoms with Crippen molar-refractivity contribution in [1.82, 2.24) is 5.43 Å². The SMILES string of the molecule is Cc1ccc(C(NN)C(C(F)(F)F)C(F)(F)F)cc1. The number of halogens is 6. The van der Waals surface area contributed by atoms with Gasteiger partial charge in [-0.3, -0.25) is 11.3 Å². The van der Waals surface area contributed by atoms with Crippen molar-refractivity contribution in [3.63, 3.8) is 0 Å². The van der Waals surface area contributed by atoms with Crippen LogP contribution in [0.5, 0.6) is 0 Å². The summed E-state index contributed by atoms with van der Waals surface area (Å²) in [7, 11) is 0. The average Bonchev–Trinajstić information content (AvgIpc) is 2.23. The van der Waals surface area contributed by atoms with E-state index in [0.717, 1.165) is 5.56 Å². The molecule has 19 heavy (non-hydrogen) atoms. The number of nitrogens with one attached hydrogen (secondary N) is 1. The summed E-state index contributed by atoms with van der Waals surface area (Å²) >= 11 is 0. The van der Waals surface area contributed by atoms with E-state index < -0.39 is 24.3 Å². The first-order valence-corrected chi connectivity index (χ1v) is 5.23. The Labute approximate surface area is 105 Å². The molecule has 1 aromatic carbocycles. The van der Waals surface area contributed by atoms with Gasteiger partial charge in [-0.2, -0.15) is 26.3 Å². The number of nitrogens with two attached hydrogens (primary N) is 1. The van der Waals surface area contributed by atoms with Crippen molar-refractivity contribution >= 4 is 0 Å². The van der Waals surface area contributed by atoms with Crippen molar-refractivity contribution in [1.29, 1.82) is 0 Å². The maximum atomic E-state index is 12.6. The van der Waals surface area contributed by atoms with E-state index in [0.29, 0.717) is 0 Å². The third-order valence-electron chi connectivity index (χ3n) is 2.65. The van der Waals surface area contributed by atoms with Crippen LogP contribution in [0.4, 0.5) is 26.3 Å². The predicted molar refractivity (Wildman–Crippen MR) is 56.8 cm³/mol. The van der Waals surface area contributed by atoms with Crippen LogP contribution in [0.1, 0.15) is 17.2 Å². The van der Waals surface area contributed by atoms with Gasteiger partial charge in [0.25, 0.3) is 0 Å². The largest absolute Gasteiger partial charge is 0.402 e. The van der Waals surface area contributed by atoms with Gasteiger partial charge in [0.2, 0.25) is 0 Å². The molecule has 0 saturated carbocycles. The summed E-state index contributed by atoms with van der Waals surface area (Å²) in [5.74, 6) is 1.32. The minimum absolute atomic E-state index is 0.173. The zero-order valence-electron chi connectivity index (χ0n) is 9.81. The van der Waals surface area contributed by atoms with E-state index in [-0.39, 0.29) is 5.56 Å². The molecule has 0 aliphatic rings. The molecule has 0 fully saturated rings. The Morgan fingerprint density at radius 3 is 1.68 bits per heavy atom. The van der Waals surface area contributed by atoms with Gasteiger partial charge in [0.05, 0.1) is 6.04 Å². The van der Waals surface area contributed by atoms with E-state index in [1.54, 1.807) is 12.3 Å². The zero-order valence-corrected chi connectivity index (χ0v) is 9.81. The van der Waals surface area contributed by atoms with Gasteiger partial charge in [-0.05, 0) is 12.5 Å². The molecule has 3 N–H and O–H groups in total. The fraction of sp³-hybridized carbons (Fsp3) is 0.455. The number of hydrogen-bond donors (Lipinski definition) is 2. The summed E-state index contributed by atoms with van der Waals surface area (Å²) < 4.78 is 75.6. The van der Waals surface area contributed by atoms with Crippen LogP contribution >= 0.6 is 0 Å². The highest BCUT2D eigenvalue weighted by atomic mass is 19.4. The molecule has 0 radical (unpaired) electrons. The minimum atomic E-state index is -5.44. The van der Waals surface area contributed by atoms with Crippen molar-refractivity contribution in [3.8, 4) is 0 Å². The summed E-state index contributed by atoms with van der Waals surface area (Å²) in [6.45, 7) is 1.67. The minimum Gasteiger partial charge on any atom is -0.271 e.